The van der Waals surface area contributed by atoms with Gasteiger partial charge in [0.05, 0.1) is 6.07 Å². The quantitative estimate of drug-likeness (QED) is 0.360. The Kier molecular flexibility index (Phi) is 9.35. The van der Waals surface area contributed by atoms with Gasteiger partial charge in [0.2, 0.25) is 0 Å². The van der Waals surface area contributed by atoms with Crippen molar-refractivity contribution < 1.29 is 0 Å². The summed E-state index contributed by atoms with van der Waals surface area (Å²) < 4.78 is 0. The summed E-state index contributed by atoms with van der Waals surface area (Å²) in [5, 5.41) is 8.59. The summed E-state index contributed by atoms with van der Waals surface area (Å²) >= 11 is 5.81. The molecule has 0 amide bonds. The molecule has 0 N–H and O–H groups in total. The van der Waals surface area contributed by atoms with Crippen LogP contribution in [0.5, 0.6) is 0 Å². The van der Waals surface area contributed by atoms with E-state index in [9.17, 15) is 0 Å². The average Bonchev–Trinajstić information content (AvgIpc) is 2.93. The van der Waals surface area contributed by atoms with Gasteiger partial charge in [0.1, 0.15) is 0 Å². The second kappa shape index (κ2) is 10.6. The van der Waals surface area contributed by atoms with Crippen LogP contribution in [0.2, 0.25) is 0 Å². The molecule has 0 aromatic rings. The molecular weight excluding hydrogens is 254 g/mol. The van der Waals surface area contributed by atoms with Gasteiger partial charge < -0.3 is 0 Å². The van der Waals surface area contributed by atoms with Gasteiger partial charge in [-0.25, -0.2) is 0 Å². The van der Waals surface area contributed by atoms with Crippen LogP contribution in [0.15, 0.2) is 0 Å². The molecule has 0 heterocycles. The van der Waals surface area contributed by atoms with E-state index in [1.165, 1.54) is 57.8 Å². The first-order chi connectivity index (χ1) is 9.29. The van der Waals surface area contributed by atoms with Crippen LogP contribution in [0.1, 0.15) is 77.6 Å². The normalized spacial score (nSPS) is 19.2. The van der Waals surface area contributed by atoms with Crippen molar-refractivity contribution in [2.75, 3.05) is 5.88 Å². The standard InChI is InChI=1S/C17H30ClN/c1-15(9-3-2-8-14-19)17(12-6-7-13-18)16-10-4-5-11-16/h15-17H,2-13H2,1H3. The third kappa shape index (κ3) is 6.66. The lowest BCUT2D eigenvalue weighted by Crippen LogP contribution is -2.20. The van der Waals surface area contributed by atoms with Crippen molar-refractivity contribution >= 4 is 11.6 Å². The Bertz CT molecular complexity index is 252. The first kappa shape index (κ1) is 16.8. The van der Waals surface area contributed by atoms with Crippen LogP contribution in [-0.4, -0.2) is 5.88 Å². The number of unbranched alkanes of at least 4 members (excludes halogenated alkanes) is 3. The summed E-state index contributed by atoms with van der Waals surface area (Å²) in [6.07, 6.45) is 14.0. The SMILES string of the molecule is CC(CCCCC#N)C(CCCCCl)C1CCCC1. The zero-order chi connectivity index (χ0) is 13.9. The lowest BCUT2D eigenvalue weighted by Gasteiger charge is -2.29. The maximum Gasteiger partial charge on any atom is 0.0621 e. The fourth-order valence-electron chi connectivity index (χ4n) is 3.73. The van der Waals surface area contributed by atoms with Crippen LogP contribution < -0.4 is 0 Å². The van der Waals surface area contributed by atoms with Gasteiger partial charge in [-0.05, 0) is 37.0 Å². The van der Waals surface area contributed by atoms with E-state index < -0.39 is 0 Å². The molecule has 2 heteroatoms. The highest BCUT2D eigenvalue weighted by Gasteiger charge is 2.28. The number of nitriles is 1. The average molecular weight is 284 g/mol. The van der Waals surface area contributed by atoms with E-state index in [2.05, 4.69) is 13.0 Å². The van der Waals surface area contributed by atoms with Crippen LogP contribution in [0.25, 0.3) is 0 Å². The summed E-state index contributed by atoms with van der Waals surface area (Å²) in [4.78, 5) is 0. The van der Waals surface area contributed by atoms with Crippen molar-refractivity contribution in [3.8, 4) is 6.07 Å². The summed E-state index contributed by atoms with van der Waals surface area (Å²) in [5.74, 6) is 3.53. The maximum absolute atomic E-state index is 8.59. The minimum absolute atomic E-state index is 0.729. The largest absolute Gasteiger partial charge is 0.198 e. The van der Waals surface area contributed by atoms with Gasteiger partial charge in [-0.2, -0.15) is 5.26 Å². The van der Waals surface area contributed by atoms with Gasteiger partial charge in [0.15, 0.2) is 0 Å². The molecule has 1 nitrogen and oxygen atoms in total. The molecule has 0 aromatic heterocycles. The Morgan fingerprint density at radius 3 is 2.42 bits per heavy atom. The van der Waals surface area contributed by atoms with E-state index in [4.69, 9.17) is 16.9 Å². The van der Waals surface area contributed by atoms with Crippen LogP contribution in [0, 0.1) is 29.1 Å². The lowest BCUT2D eigenvalue weighted by molar-refractivity contribution is 0.209. The third-order valence-corrected chi connectivity index (χ3v) is 5.12. The van der Waals surface area contributed by atoms with Crippen molar-refractivity contribution in [3.63, 3.8) is 0 Å². The van der Waals surface area contributed by atoms with Gasteiger partial charge in [-0.1, -0.05) is 51.9 Å². The van der Waals surface area contributed by atoms with E-state index in [0.29, 0.717) is 0 Å². The highest BCUT2D eigenvalue weighted by atomic mass is 35.5. The molecule has 2 unspecified atom stereocenters. The fourth-order valence-corrected chi connectivity index (χ4v) is 3.92. The molecule has 19 heavy (non-hydrogen) atoms. The number of nitrogens with zero attached hydrogens (tertiary/aromatic N) is 1. The molecule has 1 aliphatic carbocycles. The minimum Gasteiger partial charge on any atom is -0.198 e. The van der Waals surface area contributed by atoms with E-state index in [0.717, 1.165) is 36.5 Å². The molecule has 0 bridgehead atoms. The van der Waals surface area contributed by atoms with Crippen molar-refractivity contribution in [1.29, 1.82) is 5.26 Å². The monoisotopic (exact) mass is 283 g/mol. The predicted octanol–water partition coefficient (Wildman–Crippen LogP) is 5.92. The molecule has 1 saturated carbocycles. The predicted molar refractivity (Wildman–Crippen MR) is 83.3 cm³/mol. The number of hydrogen-bond acceptors (Lipinski definition) is 1. The Morgan fingerprint density at radius 1 is 1.11 bits per heavy atom. The lowest BCUT2D eigenvalue weighted by atomic mass is 9.76. The van der Waals surface area contributed by atoms with Crippen LogP contribution in [0.3, 0.4) is 0 Å². The first-order valence-electron chi connectivity index (χ1n) is 8.22. The van der Waals surface area contributed by atoms with Crippen LogP contribution >= 0.6 is 11.6 Å². The number of hydrogen-bond donors (Lipinski definition) is 0. The zero-order valence-corrected chi connectivity index (χ0v) is 13.3. The number of halogens is 1. The Balaban J connectivity index is 2.35. The topological polar surface area (TPSA) is 23.8 Å². The van der Waals surface area contributed by atoms with Crippen molar-refractivity contribution in [3.05, 3.63) is 0 Å². The van der Waals surface area contributed by atoms with Gasteiger partial charge in [0, 0.05) is 12.3 Å². The van der Waals surface area contributed by atoms with Gasteiger partial charge in [-0.15, -0.1) is 11.6 Å². The number of rotatable bonds is 10. The third-order valence-electron chi connectivity index (χ3n) is 4.86. The first-order valence-corrected chi connectivity index (χ1v) is 8.76. The van der Waals surface area contributed by atoms with E-state index in [-0.39, 0.29) is 0 Å². The molecule has 1 rings (SSSR count). The fraction of sp³-hybridized carbons (Fsp3) is 0.941. The molecular formula is C17H30ClN. The highest BCUT2D eigenvalue weighted by molar-refractivity contribution is 6.17. The minimum atomic E-state index is 0.729. The molecule has 2 atom stereocenters. The molecule has 0 spiro atoms. The Labute approximate surface area is 124 Å². The van der Waals surface area contributed by atoms with Gasteiger partial charge in [-0.3, -0.25) is 0 Å². The molecule has 0 aliphatic heterocycles. The van der Waals surface area contributed by atoms with E-state index in [1.54, 1.807) is 0 Å². The molecule has 110 valence electrons. The molecule has 1 aliphatic rings. The summed E-state index contributed by atoms with van der Waals surface area (Å²) in [6, 6.07) is 2.25. The highest BCUT2D eigenvalue weighted by Crippen LogP contribution is 2.39. The molecule has 0 saturated heterocycles. The van der Waals surface area contributed by atoms with Crippen molar-refractivity contribution in [2.45, 2.75) is 77.6 Å². The van der Waals surface area contributed by atoms with Crippen LogP contribution in [0.4, 0.5) is 0 Å². The maximum atomic E-state index is 8.59. The Hall–Kier alpha value is -0.220. The molecule has 1 fully saturated rings. The van der Waals surface area contributed by atoms with Crippen molar-refractivity contribution in [1.82, 2.24) is 0 Å². The molecule has 0 aromatic carbocycles. The number of alkyl halides is 1. The molecule has 0 radical (unpaired) electrons. The summed E-state index contributed by atoms with van der Waals surface area (Å²) in [7, 11) is 0. The van der Waals surface area contributed by atoms with E-state index in [1.807, 2.05) is 0 Å². The smallest absolute Gasteiger partial charge is 0.0621 e. The second-order valence-corrected chi connectivity index (χ2v) is 6.65. The van der Waals surface area contributed by atoms with Crippen molar-refractivity contribution in [2.24, 2.45) is 17.8 Å². The van der Waals surface area contributed by atoms with E-state index >= 15 is 0 Å². The van der Waals surface area contributed by atoms with Gasteiger partial charge in [0.25, 0.3) is 0 Å². The Morgan fingerprint density at radius 2 is 1.79 bits per heavy atom. The second-order valence-electron chi connectivity index (χ2n) is 6.27. The summed E-state index contributed by atoms with van der Waals surface area (Å²) in [5.41, 5.74) is 0. The van der Waals surface area contributed by atoms with Gasteiger partial charge >= 0.3 is 0 Å². The summed E-state index contributed by atoms with van der Waals surface area (Å²) in [6.45, 7) is 2.44. The zero-order valence-electron chi connectivity index (χ0n) is 12.5. The van der Waals surface area contributed by atoms with Crippen LogP contribution in [-0.2, 0) is 0 Å².